The normalized spacial score (nSPS) is 16.4. The van der Waals surface area contributed by atoms with Crippen LogP contribution in [-0.4, -0.2) is 34.1 Å². The minimum Gasteiger partial charge on any atom is -0.478 e. The average molecular weight is 273 g/mol. The van der Waals surface area contributed by atoms with Gasteiger partial charge in [-0.3, -0.25) is 0 Å². The summed E-state index contributed by atoms with van der Waals surface area (Å²) in [5.41, 5.74) is 1.88. The molecule has 1 aliphatic rings. The fourth-order valence-corrected chi connectivity index (χ4v) is 2.94. The first-order valence-corrected chi connectivity index (χ1v) is 7.11. The third-order valence-electron chi connectivity index (χ3n) is 4.17. The zero-order valence-electron chi connectivity index (χ0n) is 11.6. The SMILES string of the molecule is CN(c1nc2ccc(C(=O)O)cc2[nH]1)C1CCCCC1. The third kappa shape index (κ3) is 2.35. The second kappa shape index (κ2) is 5.15. The number of fused-ring (bicyclic) bond motifs is 1. The first-order valence-electron chi connectivity index (χ1n) is 7.11. The summed E-state index contributed by atoms with van der Waals surface area (Å²) >= 11 is 0. The van der Waals surface area contributed by atoms with Gasteiger partial charge in [0.1, 0.15) is 0 Å². The number of aromatic carboxylic acids is 1. The highest BCUT2D eigenvalue weighted by atomic mass is 16.4. The van der Waals surface area contributed by atoms with Crippen molar-refractivity contribution in [1.82, 2.24) is 9.97 Å². The Labute approximate surface area is 117 Å². The van der Waals surface area contributed by atoms with Crippen molar-refractivity contribution in [1.29, 1.82) is 0 Å². The molecule has 1 aromatic carbocycles. The molecule has 1 aliphatic carbocycles. The van der Waals surface area contributed by atoms with Crippen LogP contribution in [0, 0.1) is 0 Å². The molecule has 0 bridgehead atoms. The number of H-pyrrole nitrogens is 1. The van der Waals surface area contributed by atoms with Gasteiger partial charge in [-0.1, -0.05) is 19.3 Å². The molecule has 0 amide bonds. The molecule has 20 heavy (non-hydrogen) atoms. The number of hydrogen-bond donors (Lipinski definition) is 2. The molecule has 1 aromatic heterocycles. The number of hydrogen-bond acceptors (Lipinski definition) is 3. The predicted molar refractivity (Wildman–Crippen MR) is 78.3 cm³/mol. The molecule has 0 aliphatic heterocycles. The maximum Gasteiger partial charge on any atom is 0.335 e. The second-order valence-corrected chi connectivity index (χ2v) is 5.50. The number of benzene rings is 1. The lowest BCUT2D eigenvalue weighted by Gasteiger charge is -2.30. The molecule has 1 fully saturated rings. The number of anilines is 1. The van der Waals surface area contributed by atoms with Crippen molar-refractivity contribution in [3.63, 3.8) is 0 Å². The van der Waals surface area contributed by atoms with Crippen molar-refractivity contribution in [3.05, 3.63) is 23.8 Å². The maximum absolute atomic E-state index is 11.0. The molecular weight excluding hydrogens is 254 g/mol. The number of rotatable bonds is 3. The molecule has 1 heterocycles. The predicted octanol–water partition coefficient (Wildman–Crippen LogP) is 3.03. The molecule has 3 rings (SSSR count). The fourth-order valence-electron chi connectivity index (χ4n) is 2.94. The van der Waals surface area contributed by atoms with Crippen LogP contribution in [0.3, 0.4) is 0 Å². The number of aromatic nitrogens is 2. The van der Waals surface area contributed by atoms with E-state index in [2.05, 4.69) is 21.9 Å². The van der Waals surface area contributed by atoms with Crippen molar-refractivity contribution in [2.45, 2.75) is 38.1 Å². The molecule has 0 unspecified atom stereocenters. The molecule has 0 saturated heterocycles. The fraction of sp³-hybridized carbons (Fsp3) is 0.467. The molecule has 0 atom stereocenters. The number of carbonyl (C=O) groups is 1. The van der Waals surface area contributed by atoms with Crippen molar-refractivity contribution in [2.75, 3.05) is 11.9 Å². The smallest absolute Gasteiger partial charge is 0.335 e. The summed E-state index contributed by atoms with van der Waals surface area (Å²) in [6.45, 7) is 0. The minimum absolute atomic E-state index is 0.285. The Bertz CT molecular complexity index is 629. The van der Waals surface area contributed by atoms with Crippen LogP contribution in [0.5, 0.6) is 0 Å². The summed E-state index contributed by atoms with van der Waals surface area (Å²) in [6.07, 6.45) is 6.28. The van der Waals surface area contributed by atoms with Crippen LogP contribution in [0.4, 0.5) is 5.95 Å². The molecule has 0 radical (unpaired) electrons. The molecular formula is C15H19N3O2. The zero-order valence-corrected chi connectivity index (χ0v) is 11.6. The standard InChI is InChI=1S/C15H19N3O2/c1-18(11-5-3-2-4-6-11)15-16-12-8-7-10(14(19)20)9-13(12)17-15/h7-9,11H,2-6H2,1H3,(H,16,17)(H,19,20). The first-order chi connectivity index (χ1) is 9.65. The number of imidazole rings is 1. The molecule has 2 aromatic rings. The van der Waals surface area contributed by atoms with Crippen molar-refractivity contribution in [2.24, 2.45) is 0 Å². The van der Waals surface area contributed by atoms with Gasteiger partial charge >= 0.3 is 5.97 Å². The lowest BCUT2D eigenvalue weighted by molar-refractivity contribution is 0.0697. The van der Waals surface area contributed by atoms with Gasteiger partial charge < -0.3 is 15.0 Å². The molecule has 0 spiro atoms. The summed E-state index contributed by atoms with van der Waals surface area (Å²) < 4.78 is 0. The Morgan fingerprint density at radius 2 is 2.10 bits per heavy atom. The highest BCUT2D eigenvalue weighted by Crippen LogP contribution is 2.26. The maximum atomic E-state index is 11.0. The van der Waals surface area contributed by atoms with E-state index in [9.17, 15) is 4.79 Å². The van der Waals surface area contributed by atoms with Gasteiger partial charge in [0.05, 0.1) is 16.6 Å². The lowest BCUT2D eigenvalue weighted by atomic mass is 9.95. The average Bonchev–Trinajstić information content (AvgIpc) is 2.90. The van der Waals surface area contributed by atoms with Crippen LogP contribution < -0.4 is 4.90 Å². The van der Waals surface area contributed by atoms with Gasteiger partial charge in [-0.15, -0.1) is 0 Å². The number of nitrogens with one attached hydrogen (secondary N) is 1. The summed E-state index contributed by atoms with van der Waals surface area (Å²) in [7, 11) is 2.06. The van der Waals surface area contributed by atoms with Gasteiger partial charge in [0, 0.05) is 13.1 Å². The van der Waals surface area contributed by atoms with Crippen LogP contribution in [0.2, 0.25) is 0 Å². The summed E-state index contributed by atoms with van der Waals surface area (Å²) in [6, 6.07) is 5.52. The Hall–Kier alpha value is -2.04. The van der Waals surface area contributed by atoms with E-state index in [0.717, 1.165) is 17.0 Å². The lowest BCUT2D eigenvalue weighted by Crippen LogP contribution is -2.33. The summed E-state index contributed by atoms with van der Waals surface area (Å²) in [5, 5.41) is 9.02. The molecule has 5 heteroatoms. The topological polar surface area (TPSA) is 69.2 Å². The molecule has 5 nitrogen and oxygen atoms in total. The molecule has 2 N–H and O–H groups in total. The summed E-state index contributed by atoms with van der Waals surface area (Å²) in [4.78, 5) is 21.0. The van der Waals surface area contributed by atoms with Crippen LogP contribution >= 0.6 is 0 Å². The van der Waals surface area contributed by atoms with E-state index < -0.39 is 5.97 Å². The van der Waals surface area contributed by atoms with E-state index >= 15 is 0 Å². The van der Waals surface area contributed by atoms with Gasteiger partial charge in [-0.2, -0.15) is 0 Å². The van der Waals surface area contributed by atoms with E-state index in [-0.39, 0.29) is 5.56 Å². The largest absolute Gasteiger partial charge is 0.478 e. The number of nitrogens with zero attached hydrogens (tertiary/aromatic N) is 2. The highest BCUT2D eigenvalue weighted by molar-refractivity contribution is 5.92. The van der Waals surface area contributed by atoms with Gasteiger partial charge in [0.25, 0.3) is 0 Å². The summed E-state index contributed by atoms with van der Waals surface area (Å²) in [5.74, 6) is -0.0851. The zero-order chi connectivity index (χ0) is 14.1. The van der Waals surface area contributed by atoms with Crippen LogP contribution in [0.25, 0.3) is 11.0 Å². The first kappa shape index (κ1) is 13.0. The Morgan fingerprint density at radius 3 is 2.80 bits per heavy atom. The van der Waals surface area contributed by atoms with Gasteiger partial charge in [-0.05, 0) is 31.0 Å². The quantitative estimate of drug-likeness (QED) is 0.902. The van der Waals surface area contributed by atoms with Crippen LogP contribution in [0.1, 0.15) is 42.5 Å². The third-order valence-corrected chi connectivity index (χ3v) is 4.17. The van der Waals surface area contributed by atoms with Crippen molar-refractivity contribution in [3.8, 4) is 0 Å². The number of aromatic amines is 1. The van der Waals surface area contributed by atoms with E-state index in [1.54, 1.807) is 18.2 Å². The van der Waals surface area contributed by atoms with Crippen LogP contribution in [0.15, 0.2) is 18.2 Å². The van der Waals surface area contributed by atoms with Crippen molar-refractivity contribution < 1.29 is 9.90 Å². The Kier molecular flexibility index (Phi) is 3.34. The molecule has 106 valence electrons. The van der Waals surface area contributed by atoms with Gasteiger partial charge in [0.2, 0.25) is 5.95 Å². The van der Waals surface area contributed by atoms with E-state index in [1.165, 1.54) is 32.1 Å². The number of carboxylic acid groups (broad SMARTS) is 1. The van der Waals surface area contributed by atoms with Gasteiger partial charge in [-0.25, -0.2) is 9.78 Å². The minimum atomic E-state index is -0.913. The Morgan fingerprint density at radius 1 is 1.35 bits per heavy atom. The highest BCUT2D eigenvalue weighted by Gasteiger charge is 2.20. The Balaban J connectivity index is 1.89. The van der Waals surface area contributed by atoms with Crippen LogP contribution in [-0.2, 0) is 0 Å². The monoisotopic (exact) mass is 273 g/mol. The van der Waals surface area contributed by atoms with E-state index in [1.807, 2.05) is 0 Å². The van der Waals surface area contributed by atoms with Gasteiger partial charge in [0.15, 0.2) is 0 Å². The molecule has 1 saturated carbocycles. The second-order valence-electron chi connectivity index (χ2n) is 5.50. The van der Waals surface area contributed by atoms with E-state index in [4.69, 9.17) is 5.11 Å². The van der Waals surface area contributed by atoms with Crippen molar-refractivity contribution >= 4 is 23.0 Å². The van der Waals surface area contributed by atoms with E-state index in [0.29, 0.717) is 6.04 Å². The number of carboxylic acids is 1.